The predicted octanol–water partition coefficient (Wildman–Crippen LogP) is 3.87. The van der Waals surface area contributed by atoms with Gasteiger partial charge in [-0.25, -0.2) is 9.97 Å². The molecule has 3 aromatic heterocycles. The monoisotopic (exact) mass is 581 g/mol. The van der Waals surface area contributed by atoms with E-state index < -0.39 is 11.6 Å². The molecule has 1 amide bonds. The van der Waals surface area contributed by atoms with Gasteiger partial charge in [0, 0.05) is 18.7 Å². The number of benzene rings is 1. The Bertz CT molecular complexity index is 1650. The van der Waals surface area contributed by atoms with Crippen molar-refractivity contribution in [2.45, 2.75) is 50.1 Å². The van der Waals surface area contributed by atoms with E-state index in [2.05, 4.69) is 25.7 Å². The van der Waals surface area contributed by atoms with Gasteiger partial charge in [0.05, 0.1) is 29.4 Å². The van der Waals surface area contributed by atoms with E-state index in [9.17, 15) is 9.90 Å². The summed E-state index contributed by atoms with van der Waals surface area (Å²) in [6, 6.07) is 12.8. The standard InChI is InChI=1S/C31H35N9O3/c1-30(2)24-20(27(42)39(30)3)9-10-23(34-24)35-29-32-17-21(25(36-29)33-22(18-41)19-7-5-4-6-8-19)26-37-28(38-43-26)31-11-14-40(15-12-31)16-13-31/h4-10,17,22,41H,11-16,18H2,1-3H3,(H2,32,33,34,35,36)/t22-/m1/s1. The summed E-state index contributed by atoms with van der Waals surface area (Å²) in [6.45, 7) is 6.92. The second-order valence-electron chi connectivity index (χ2n) is 12.2. The molecule has 222 valence electrons. The number of rotatable bonds is 8. The Morgan fingerprint density at radius 2 is 1.74 bits per heavy atom. The summed E-state index contributed by atoms with van der Waals surface area (Å²) in [6.07, 6.45) is 4.69. The number of pyridine rings is 1. The molecule has 0 aliphatic carbocycles. The molecule has 0 radical (unpaired) electrons. The number of nitrogens with one attached hydrogen (secondary N) is 2. The van der Waals surface area contributed by atoms with Crippen LogP contribution in [0.4, 0.5) is 17.6 Å². The molecule has 3 N–H and O–H groups in total. The molecular weight excluding hydrogens is 546 g/mol. The van der Waals surface area contributed by atoms with Crippen molar-refractivity contribution in [3.8, 4) is 11.5 Å². The van der Waals surface area contributed by atoms with Crippen molar-refractivity contribution in [2.75, 3.05) is 43.9 Å². The molecule has 12 heteroatoms. The van der Waals surface area contributed by atoms with Crippen LogP contribution < -0.4 is 10.6 Å². The van der Waals surface area contributed by atoms with Crippen LogP contribution in [0.1, 0.15) is 66.6 Å². The first-order valence-corrected chi connectivity index (χ1v) is 14.7. The van der Waals surface area contributed by atoms with Crippen LogP contribution in [0.25, 0.3) is 11.5 Å². The highest BCUT2D eigenvalue weighted by atomic mass is 16.5. The first-order valence-electron chi connectivity index (χ1n) is 14.7. The number of nitrogens with zero attached hydrogens (tertiary/aromatic N) is 7. The summed E-state index contributed by atoms with van der Waals surface area (Å²) in [5, 5.41) is 21.3. The lowest BCUT2D eigenvalue weighted by atomic mass is 9.71. The topological polar surface area (TPSA) is 145 Å². The Morgan fingerprint density at radius 3 is 2.47 bits per heavy atom. The highest BCUT2D eigenvalue weighted by molar-refractivity contribution is 5.99. The summed E-state index contributed by atoms with van der Waals surface area (Å²) in [5.74, 6) is 2.24. The highest BCUT2D eigenvalue weighted by Crippen LogP contribution is 2.42. The van der Waals surface area contributed by atoms with Crippen molar-refractivity contribution >= 4 is 23.5 Å². The maximum Gasteiger partial charge on any atom is 0.263 e. The van der Waals surface area contributed by atoms with Crippen LogP contribution in [0, 0.1) is 0 Å². The van der Waals surface area contributed by atoms with Crippen LogP contribution in [0.5, 0.6) is 0 Å². The fraction of sp³-hybridized carbons (Fsp3) is 0.419. The molecule has 12 nitrogen and oxygen atoms in total. The van der Waals surface area contributed by atoms with E-state index >= 15 is 0 Å². The number of carbonyl (C=O) groups is 1. The van der Waals surface area contributed by atoms with Gasteiger partial charge in [0.2, 0.25) is 5.95 Å². The molecule has 43 heavy (non-hydrogen) atoms. The van der Waals surface area contributed by atoms with Gasteiger partial charge in [-0.1, -0.05) is 35.5 Å². The summed E-state index contributed by atoms with van der Waals surface area (Å²) < 4.78 is 5.83. The van der Waals surface area contributed by atoms with Crippen LogP contribution in [0.2, 0.25) is 0 Å². The molecule has 2 bridgehead atoms. The Labute approximate surface area is 249 Å². The third-order valence-electron chi connectivity index (χ3n) is 9.42. The van der Waals surface area contributed by atoms with Gasteiger partial charge in [0.1, 0.15) is 17.2 Å². The number of anilines is 3. The minimum absolute atomic E-state index is 0.0562. The van der Waals surface area contributed by atoms with Gasteiger partial charge < -0.3 is 30.1 Å². The van der Waals surface area contributed by atoms with E-state index in [4.69, 9.17) is 19.5 Å². The van der Waals surface area contributed by atoms with Crippen molar-refractivity contribution in [2.24, 2.45) is 0 Å². The maximum atomic E-state index is 12.7. The van der Waals surface area contributed by atoms with E-state index in [0.29, 0.717) is 34.3 Å². The smallest absolute Gasteiger partial charge is 0.263 e. The van der Waals surface area contributed by atoms with Gasteiger partial charge in [-0.05, 0) is 70.4 Å². The third kappa shape index (κ3) is 4.70. The largest absolute Gasteiger partial charge is 0.394 e. The van der Waals surface area contributed by atoms with Crippen LogP contribution in [-0.2, 0) is 11.0 Å². The number of amides is 1. The van der Waals surface area contributed by atoms with Crippen molar-refractivity contribution < 1.29 is 14.4 Å². The zero-order valence-electron chi connectivity index (χ0n) is 24.5. The summed E-state index contributed by atoms with van der Waals surface area (Å²) in [5.41, 5.74) is 2.11. The summed E-state index contributed by atoms with van der Waals surface area (Å²) in [4.78, 5) is 35.8. The van der Waals surface area contributed by atoms with Crippen LogP contribution >= 0.6 is 0 Å². The zero-order chi connectivity index (χ0) is 29.8. The number of piperidine rings is 3. The molecule has 0 saturated carbocycles. The molecule has 4 aromatic rings. The number of aliphatic hydroxyl groups excluding tert-OH is 1. The molecule has 1 atom stereocenters. The van der Waals surface area contributed by atoms with E-state index in [-0.39, 0.29) is 23.9 Å². The molecule has 0 spiro atoms. The molecule has 3 fully saturated rings. The minimum Gasteiger partial charge on any atom is -0.394 e. The normalized spacial score (nSPS) is 22.8. The molecule has 1 aromatic carbocycles. The van der Waals surface area contributed by atoms with Crippen molar-refractivity contribution in [1.29, 1.82) is 0 Å². The zero-order valence-corrected chi connectivity index (χ0v) is 24.5. The van der Waals surface area contributed by atoms with E-state index in [1.165, 1.54) is 0 Å². The van der Waals surface area contributed by atoms with Gasteiger partial charge in [0.25, 0.3) is 11.8 Å². The lowest BCUT2D eigenvalue weighted by Crippen LogP contribution is -2.51. The van der Waals surface area contributed by atoms with Crippen LogP contribution in [0.15, 0.2) is 53.2 Å². The number of aromatic nitrogens is 5. The van der Waals surface area contributed by atoms with E-state index in [1.807, 2.05) is 44.2 Å². The third-order valence-corrected chi connectivity index (χ3v) is 9.42. The van der Waals surface area contributed by atoms with Crippen LogP contribution in [0.3, 0.4) is 0 Å². The highest BCUT2D eigenvalue weighted by Gasteiger charge is 2.44. The average molecular weight is 582 g/mol. The number of fused-ring (bicyclic) bond motifs is 4. The van der Waals surface area contributed by atoms with Crippen molar-refractivity contribution in [1.82, 2.24) is 34.9 Å². The molecule has 4 aliphatic rings. The first-order chi connectivity index (χ1) is 20.8. The SMILES string of the molecule is CN1C(=O)c2ccc(Nc3ncc(-c4nc(C56CCN(CC5)CC6)no4)c(N[C@H](CO)c4ccccc4)n3)nc2C1(C)C. The van der Waals surface area contributed by atoms with Gasteiger partial charge >= 0.3 is 0 Å². The Kier molecular flexibility index (Phi) is 6.62. The van der Waals surface area contributed by atoms with Crippen molar-refractivity contribution in [3.63, 3.8) is 0 Å². The molecule has 0 unspecified atom stereocenters. The second kappa shape index (κ2) is 10.4. The Hall–Kier alpha value is -4.42. The van der Waals surface area contributed by atoms with Gasteiger partial charge in [-0.3, -0.25) is 4.79 Å². The van der Waals surface area contributed by atoms with Gasteiger partial charge in [0.15, 0.2) is 5.82 Å². The molecule has 7 heterocycles. The maximum absolute atomic E-state index is 12.7. The lowest BCUT2D eigenvalue weighted by Gasteiger charge is -2.46. The summed E-state index contributed by atoms with van der Waals surface area (Å²) in [7, 11) is 1.78. The van der Waals surface area contributed by atoms with E-state index in [0.717, 1.165) is 50.3 Å². The fourth-order valence-electron chi connectivity index (χ4n) is 6.38. The minimum atomic E-state index is -0.546. The quantitative estimate of drug-likeness (QED) is 0.279. The van der Waals surface area contributed by atoms with Crippen molar-refractivity contribution in [3.05, 3.63) is 71.3 Å². The Balaban J connectivity index is 1.23. The number of hydrogen-bond acceptors (Lipinski definition) is 11. The molecule has 8 rings (SSSR count). The summed E-state index contributed by atoms with van der Waals surface area (Å²) >= 11 is 0. The van der Waals surface area contributed by atoms with Crippen LogP contribution in [-0.4, -0.2) is 79.2 Å². The predicted molar refractivity (Wildman–Crippen MR) is 160 cm³/mol. The van der Waals surface area contributed by atoms with Gasteiger partial charge in [-0.15, -0.1) is 0 Å². The Morgan fingerprint density at radius 1 is 1.00 bits per heavy atom. The molecular formula is C31H35N9O3. The lowest BCUT2D eigenvalue weighted by molar-refractivity contribution is 0.0688. The number of aliphatic hydroxyl groups is 1. The van der Waals surface area contributed by atoms with Gasteiger partial charge in [-0.2, -0.15) is 9.97 Å². The molecule has 3 saturated heterocycles. The number of hydrogen-bond donors (Lipinski definition) is 3. The molecule has 4 aliphatic heterocycles. The number of carbonyl (C=O) groups excluding carboxylic acids is 1. The van der Waals surface area contributed by atoms with E-state index in [1.54, 1.807) is 30.3 Å². The average Bonchev–Trinajstić information content (AvgIpc) is 3.61. The first kappa shape index (κ1) is 27.4. The second-order valence-corrected chi connectivity index (χ2v) is 12.2. The fourth-order valence-corrected chi connectivity index (χ4v) is 6.38.